The molecule has 0 aromatic carbocycles. The van der Waals surface area contributed by atoms with Crippen LogP contribution in [0.3, 0.4) is 0 Å². The van der Waals surface area contributed by atoms with Crippen LogP contribution in [0.2, 0.25) is 0 Å². The van der Waals surface area contributed by atoms with Crippen LogP contribution in [0, 0.1) is 6.92 Å². The first kappa shape index (κ1) is 78.7. The summed E-state index contributed by atoms with van der Waals surface area (Å²) >= 11 is 0. The molecule has 337 valence electrons. The van der Waals surface area contributed by atoms with Gasteiger partial charge in [0.25, 0.3) is 0 Å². The van der Waals surface area contributed by atoms with Crippen molar-refractivity contribution in [1.82, 2.24) is 0 Å². The molecule has 1 radical (unpaired) electrons. The van der Waals surface area contributed by atoms with Gasteiger partial charge in [0.2, 0.25) is 0 Å². The average Bonchev–Trinajstić information content (AvgIpc) is 3.17. The third kappa shape index (κ3) is 150. The van der Waals surface area contributed by atoms with Gasteiger partial charge < -0.3 is 27.6 Å². The number of esters is 1. The number of rotatable bonds is 25. The Morgan fingerprint density at radius 2 is 0.907 bits per heavy atom. The molecule has 0 aliphatic rings. The summed E-state index contributed by atoms with van der Waals surface area (Å²) in [6.45, 7) is 37.2. The molecule has 0 saturated carbocycles. The average molecular weight is 856 g/mol. The fourth-order valence-electron chi connectivity index (χ4n) is 3.69. The van der Waals surface area contributed by atoms with Crippen LogP contribution in [0.1, 0.15) is 277 Å². The maximum absolute atomic E-state index is 11.1. The molecule has 1 unspecified atom stereocenters. The van der Waals surface area contributed by atoms with Gasteiger partial charge in [-0.3, -0.25) is 4.79 Å². The molecule has 4 N–H and O–H groups in total. The quantitative estimate of drug-likeness (QED) is 0.0483. The minimum atomic E-state index is -0.0264. The number of unbranched alkanes of at least 4 members (excludes halogenated alkanes) is 15. The number of aliphatic hydroxyl groups is 2. The van der Waals surface area contributed by atoms with Gasteiger partial charge in [-0.1, -0.05) is 226 Å². The number of aliphatic hydroxyl groups excluding tert-OH is 2. The zero-order chi connectivity index (χ0) is 43.1. The minimum Gasteiger partial charge on any atom is -0.466 e. The number of hydrogen-bond donors (Lipinski definition) is 3. The summed E-state index contributed by atoms with van der Waals surface area (Å²) in [5, 5.41) is 17.8. The van der Waals surface area contributed by atoms with Crippen LogP contribution in [0.25, 0.3) is 0 Å². The molecule has 1 atom stereocenters. The van der Waals surface area contributed by atoms with E-state index in [1.807, 2.05) is 27.7 Å². The molecular formula is C48H112NO4Y-. The molecule has 6 heteroatoms. The van der Waals surface area contributed by atoms with Crippen molar-refractivity contribution < 1.29 is 52.5 Å². The van der Waals surface area contributed by atoms with Crippen LogP contribution < -0.4 is 5.73 Å². The second-order valence-electron chi connectivity index (χ2n) is 12.9. The van der Waals surface area contributed by atoms with E-state index in [2.05, 4.69) is 83.1 Å². The first-order chi connectivity index (χ1) is 25.7. The standard InChI is InChI=1S/C11H22O2.C10H22O.C8H17O.C5H12.C4H11N.2C3H8.2C2H6.Y/c1-3-5-7-8-9-11(12)13-10-6-4-2;1-3-5-7-9-10(11)8-6-4-2;1-2-3-4-5-6-7-8-9;1-3-5-4-2;1-2-3-4-5;2*1-3-2;2*1-2;/h3-10H2,1-2H3;10-11H,3-9H2,1-2H3;9H,1-8H2;3-5H2,1-2H3;2-5H2,1H3;2*3H2,1-2H3;2*1-2H3;/q;;-1;;;;;;;. The van der Waals surface area contributed by atoms with Crippen molar-refractivity contribution in [3.8, 4) is 0 Å². The van der Waals surface area contributed by atoms with Gasteiger partial charge in [0.15, 0.2) is 0 Å². The summed E-state index contributed by atoms with van der Waals surface area (Å²) < 4.78 is 5.02. The first-order valence-corrected chi connectivity index (χ1v) is 23.6. The van der Waals surface area contributed by atoms with Gasteiger partial charge in [0.05, 0.1) is 12.7 Å². The van der Waals surface area contributed by atoms with E-state index in [0.717, 1.165) is 57.9 Å². The summed E-state index contributed by atoms with van der Waals surface area (Å²) in [7, 11) is 0. The normalized spacial score (nSPS) is 9.24. The summed E-state index contributed by atoms with van der Waals surface area (Å²) in [5.41, 5.74) is 5.14. The summed E-state index contributed by atoms with van der Waals surface area (Å²) in [6, 6.07) is 0. The largest absolute Gasteiger partial charge is 0.466 e. The van der Waals surface area contributed by atoms with Crippen molar-refractivity contribution in [1.29, 1.82) is 0 Å². The fourth-order valence-corrected chi connectivity index (χ4v) is 3.69. The van der Waals surface area contributed by atoms with E-state index < -0.39 is 0 Å². The van der Waals surface area contributed by atoms with Gasteiger partial charge in [-0.15, -0.1) is 0 Å². The van der Waals surface area contributed by atoms with Crippen LogP contribution in [-0.2, 0) is 42.2 Å². The number of nitrogens with two attached hydrogens (primary N) is 1. The summed E-state index contributed by atoms with van der Waals surface area (Å²) in [4.78, 5) is 11.1. The third-order valence-electron chi connectivity index (χ3n) is 6.70. The zero-order valence-electron chi connectivity index (χ0n) is 40.9. The Morgan fingerprint density at radius 1 is 0.537 bits per heavy atom. The van der Waals surface area contributed by atoms with E-state index in [-0.39, 0.29) is 44.8 Å². The molecule has 0 saturated heterocycles. The van der Waals surface area contributed by atoms with Crippen molar-refractivity contribution in [3.05, 3.63) is 6.92 Å². The van der Waals surface area contributed by atoms with Gasteiger partial charge in [-0.25, -0.2) is 0 Å². The Labute approximate surface area is 372 Å². The summed E-state index contributed by atoms with van der Waals surface area (Å²) in [6.07, 6.45) is 31.3. The van der Waals surface area contributed by atoms with Crippen LogP contribution in [0.4, 0.5) is 0 Å². The number of carbonyl (C=O) groups excluding carboxylic acids is 1. The van der Waals surface area contributed by atoms with E-state index in [1.54, 1.807) is 0 Å². The number of carbonyl (C=O) groups is 1. The molecular weight excluding hydrogens is 743 g/mol. The molecule has 0 amide bonds. The number of ether oxygens (including phenoxy) is 1. The molecule has 0 bridgehead atoms. The molecule has 5 nitrogen and oxygen atoms in total. The zero-order valence-corrected chi connectivity index (χ0v) is 43.7. The maximum atomic E-state index is 11.1. The molecule has 0 aliphatic carbocycles. The predicted molar refractivity (Wildman–Crippen MR) is 248 cm³/mol. The molecule has 0 fully saturated rings. The Balaban J connectivity index is -0.0000000541. The van der Waals surface area contributed by atoms with Gasteiger partial charge in [0, 0.05) is 45.7 Å². The molecule has 0 aromatic rings. The molecule has 0 spiro atoms. The molecule has 0 aromatic heterocycles. The van der Waals surface area contributed by atoms with Crippen molar-refractivity contribution >= 4 is 5.97 Å². The minimum absolute atomic E-state index is 0. The van der Waals surface area contributed by atoms with Crippen molar-refractivity contribution in [3.63, 3.8) is 0 Å². The van der Waals surface area contributed by atoms with Crippen molar-refractivity contribution in [2.24, 2.45) is 5.73 Å². The molecule has 0 aliphatic heterocycles. The molecule has 54 heavy (non-hydrogen) atoms. The van der Waals surface area contributed by atoms with E-state index in [4.69, 9.17) is 15.6 Å². The topological polar surface area (TPSA) is 92.8 Å². The summed E-state index contributed by atoms with van der Waals surface area (Å²) in [5.74, 6) is -0.0236. The Bertz CT molecular complexity index is 438. The smallest absolute Gasteiger partial charge is 0.305 e. The molecule has 0 heterocycles. The Morgan fingerprint density at radius 3 is 1.26 bits per heavy atom. The first-order valence-electron chi connectivity index (χ1n) is 23.6. The third-order valence-corrected chi connectivity index (χ3v) is 6.70. The SMILES string of the molecule is CC.CC.CCC.CCC.CCCCC.CCCCCC(O)CCCC.CCCCCCC(=O)OCCCC.CCCCN.[CH2-]CCCCCCCO.[Y]. The Kier molecular flexibility index (Phi) is 153. The van der Waals surface area contributed by atoms with Crippen molar-refractivity contribution in [2.45, 2.75) is 283 Å². The van der Waals surface area contributed by atoms with Crippen LogP contribution in [0.5, 0.6) is 0 Å². The Hall–Kier alpha value is 0.454. The maximum Gasteiger partial charge on any atom is 0.305 e. The van der Waals surface area contributed by atoms with E-state index >= 15 is 0 Å². The van der Waals surface area contributed by atoms with E-state index in [0.29, 0.717) is 19.6 Å². The van der Waals surface area contributed by atoms with E-state index in [9.17, 15) is 9.90 Å². The van der Waals surface area contributed by atoms with Gasteiger partial charge in [-0.05, 0) is 45.1 Å². The second-order valence-corrected chi connectivity index (χ2v) is 12.9. The molecule has 0 rings (SSSR count). The predicted octanol–water partition coefficient (Wildman–Crippen LogP) is 16.4. The monoisotopic (exact) mass is 856 g/mol. The van der Waals surface area contributed by atoms with Gasteiger partial charge >= 0.3 is 5.97 Å². The second kappa shape index (κ2) is 105. The van der Waals surface area contributed by atoms with Crippen molar-refractivity contribution in [2.75, 3.05) is 19.8 Å². The van der Waals surface area contributed by atoms with Crippen LogP contribution in [0.15, 0.2) is 0 Å². The number of hydrogen-bond acceptors (Lipinski definition) is 5. The van der Waals surface area contributed by atoms with Gasteiger partial charge in [0.1, 0.15) is 0 Å². The van der Waals surface area contributed by atoms with E-state index in [1.165, 1.54) is 116 Å². The fraction of sp³-hybridized carbons (Fsp3) is 0.958. The van der Waals surface area contributed by atoms with Crippen LogP contribution in [-0.4, -0.2) is 42.0 Å². The van der Waals surface area contributed by atoms with Gasteiger partial charge in [-0.2, -0.15) is 6.42 Å². The van der Waals surface area contributed by atoms with Crippen LogP contribution >= 0.6 is 0 Å².